The molecular formula is C18H25NO4. The minimum Gasteiger partial charge on any atom is -0.460 e. The number of carbonyl (C=O) groups is 2. The van der Waals surface area contributed by atoms with Gasteiger partial charge < -0.3 is 14.8 Å². The van der Waals surface area contributed by atoms with Gasteiger partial charge in [-0.3, -0.25) is 4.79 Å². The van der Waals surface area contributed by atoms with Gasteiger partial charge in [-0.25, -0.2) is 4.79 Å². The monoisotopic (exact) mass is 319 g/mol. The highest BCUT2D eigenvalue weighted by molar-refractivity contribution is 5.72. The van der Waals surface area contributed by atoms with Crippen molar-refractivity contribution in [3.8, 4) is 0 Å². The molecule has 5 nitrogen and oxygen atoms in total. The Bertz CT molecular complexity index is 515. The largest absolute Gasteiger partial charge is 0.460 e. The lowest BCUT2D eigenvalue weighted by Crippen LogP contribution is -2.47. The molecular weight excluding hydrogens is 294 g/mol. The molecule has 2 rings (SSSR count). The minimum atomic E-state index is -0.466. The summed E-state index contributed by atoms with van der Waals surface area (Å²) in [5.74, 6) is -0.385. The second kappa shape index (κ2) is 8.56. The van der Waals surface area contributed by atoms with Gasteiger partial charge in [0, 0.05) is 0 Å². The van der Waals surface area contributed by atoms with Crippen molar-refractivity contribution in [2.24, 2.45) is 5.92 Å². The molecule has 0 heterocycles. The Morgan fingerprint density at radius 3 is 2.57 bits per heavy atom. The van der Waals surface area contributed by atoms with Crippen LogP contribution in [0.15, 0.2) is 30.3 Å². The molecule has 0 spiro atoms. The second-order valence-corrected chi connectivity index (χ2v) is 6.23. The van der Waals surface area contributed by atoms with Crippen LogP contribution in [-0.2, 0) is 20.9 Å². The predicted octanol–water partition coefficient (Wildman–Crippen LogP) is 3.42. The number of esters is 1. The Labute approximate surface area is 137 Å². The lowest BCUT2D eigenvalue weighted by atomic mass is 9.92. The summed E-state index contributed by atoms with van der Waals surface area (Å²) in [7, 11) is 0. The maximum Gasteiger partial charge on any atom is 0.407 e. The molecule has 5 heteroatoms. The zero-order valence-electron chi connectivity index (χ0n) is 13.8. The highest BCUT2D eigenvalue weighted by Gasteiger charge is 2.30. The average Bonchev–Trinajstić information content (AvgIpc) is 2.55. The van der Waals surface area contributed by atoms with Gasteiger partial charge in [0.15, 0.2) is 0 Å². The molecule has 0 saturated heterocycles. The van der Waals surface area contributed by atoms with E-state index in [4.69, 9.17) is 9.47 Å². The van der Waals surface area contributed by atoms with Gasteiger partial charge in [0.05, 0.1) is 12.0 Å². The van der Waals surface area contributed by atoms with Crippen molar-refractivity contribution in [3.63, 3.8) is 0 Å². The van der Waals surface area contributed by atoms with E-state index in [2.05, 4.69) is 5.32 Å². The van der Waals surface area contributed by atoms with E-state index in [0.717, 1.165) is 31.2 Å². The molecule has 23 heavy (non-hydrogen) atoms. The van der Waals surface area contributed by atoms with Crippen LogP contribution in [0.3, 0.4) is 0 Å². The zero-order valence-corrected chi connectivity index (χ0v) is 13.8. The maximum absolute atomic E-state index is 12.0. The maximum atomic E-state index is 12.0. The van der Waals surface area contributed by atoms with E-state index in [1.807, 2.05) is 44.2 Å². The van der Waals surface area contributed by atoms with E-state index in [-0.39, 0.29) is 30.6 Å². The molecule has 0 unspecified atom stereocenters. The average molecular weight is 319 g/mol. The molecule has 1 aliphatic rings. The van der Waals surface area contributed by atoms with Crippen molar-refractivity contribution in [2.45, 2.75) is 58.3 Å². The first-order chi connectivity index (χ1) is 11.1. The van der Waals surface area contributed by atoms with Crippen molar-refractivity contribution in [1.82, 2.24) is 5.32 Å². The number of alkyl carbamates (subject to hydrolysis) is 1. The molecule has 0 radical (unpaired) electrons. The summed E-state index contributed by atoms with van der Waals surface area (Å²) in [5.41, 5.74) is 0.939. The lowest BCUT2D eigenvalue weighted by molar-refractivity contribution is -0.155. The van der Waals surface area contributed by atoms with Crippen molar-refractivity contribution < 1.29 is 19.1 Å². The quantitative estimate of drug-likeness (QED) is 0.845. The van der Waals surface area contributed by atoms with Gasteiger partial charge >= 0.3 is 12.1 Å². The third-order valence-electron chi connectivity index (χ3n) is 3.96. The summed E-state index contributed by atoms with van der Waals surface area (Å²) < 4.78 is 10.8. The van der Waals surface area contributed by atoms with Crippen LogP contribution < -0.4 is 5.32 Å². The molecule has 2 atom stereocenters. The Hall–Kier alpha value is -2.04. The first-order valence-corrected chi connectivity index (χ1v) is 8.24. The number of hydrogen-bond acceptors (Lipinski definition) is 4. The minimum absolute atomic E-state index is 0.164. The third kappa shape index (κ3) is 5.58. The van der Waals surface area contributed by atoms with Gasteiger partial charge in [-0.05, 0) is 24.8 Å². The highest BCUT2D eigenvalue weighted by atomic mass is 16.6. The predicted molar refractivity (Wildman–Crippen MR) is 86.7 cm³/mol. The molecule has 0 bridgehead atoms. The van der Waals surface area contributed by atoms with E-state index in [1.54, 1.807) is 0 Å². The summed E-state index contributed by atoms with van der Waals surface area (Å²) in [5, 5.41) is 2.85. The van der Waals surface area contributed by atoms with Gasteiger partial charge in [0.2, 0.25) is 0 Å². The molecule has 1 amide bonds. The number of hydrogen-bond donors (Lipinski definition) is 1. The fourth-order valence-electron chi connectivity index (χ4n) is 2.60. The van der Waals surface area contributed by atoms with E-state index in [0.29, 0.717) is 0 Å². The normalized spacial score (nSPS) is 20.8. The van der Waals surface area contributed by atoms with Crippen LogP contribution in [0, 0.1) is 5.92 Å². The van der Waals surface area contributed by atoms with Crippen molar-refractivity contribution >= 4 is 12.1 Å². The fourth-order valence-corrected chi connectivity index (χ4v) is 2.60. The van der Waals surface area contributed by atoms with E-state index in [1.165, 1.54) is 0 Å². The van der Waals surface area contributed by atoms with Crippen LogP contribution in [0.25, 0.3) is 0 Å². The van der Waals surface area contributed by atoms with Crippen molar-refractivity contribution in [2.75, 3.05) is 0 Å². The first-order valence-electron chi connectivity index (χ1n) is 8.24. The Morgan fingerprint density at radius 1 is 1.17 bits per heavy atom. The first kappa shape index (κ1) is 17.3. The summed E-state index contributed by atoms with van der Waals surface area (Å²) >= 11 is 0. The molecule has 1 aromatic rings. The van der Waals surface area contributed by atoms with Crippen LogP contribution >= 0.6 is 0 Å². The number of amides is 1. The standard InChI is InChI=1S/C18H25NO4/c1-13(2)17(20)23-16-11-7-6-10-15(16)19-18(21)22-12-14-8-4-3-5-9-14/h3-5,8-9,13,15-16H,6-7,10-12H2,1-2H3,(H,19,21)/t15-,16+/m1/s1. The number of rotatable bonds is 5. The second-order valence-electron chi connectivity index (χ2n) is 6.23. The summed E-state index contributed by atoms with van der Waals surface area (Å²) in [6, 6.07) is 9.36. The Morgan fingerprint density at radius 2 is 1.87 bits per heavy atom. The van der Waals surface area contributed by atoms with Crippen LogP contribution in [0.1, 0.15) is 45.1 Å². The topological polar surface area (TPSA) is 64.6 Å². The molecule has 1 saturated carbocycles. The van der Waals surface area contributed by atoms with Crippen LogP contribution in [-0.4, -0.2) is 24.2 Å². The highest BCUT2D eigenvalue weighted by Crippen LogP contribution is 2.22. The van der Waals surface area contributed by atoms with Gasteiger partial charge in [-0.1, -0.05) is 50.6 Å². The van der Waals surface area contributed by atoms with Gasteiger partial charge in [-0.15, -0.1) is 0 Å². The molecule has 1 aromatic carbocycles. The van der Waals surface area contributed by atoms with E-state index < -0.39 is 6.09 Å². The van der Waals surface area contributed by atoms with Gasteiger partial charge in [0.1, 0.15) is 12.7 Å². The van der Waals surface area contributed by atoms with Gasteiger partial charge in [-0.2, -0.15) is 0 Å². The summed E-state index contributed by atoms with van der Waals surface area (Å²) in [6.45, 7) is 3.85. The van der Waals surface area contributed by atoms with Crippen molar-refractivity contribution in [3.05, 3.63) is 35.9 Å². The zero-order chi connectivity index (χ0) is 16.7. The third-order valence-corrected chi connectivity index (χ3v) is 3.96. The van der Waals surface area contributed by atoms with E-state index in [9.17, 15) is 9.59 Å². The SMILES string of the molecule is CC(C)C(=O)O[C@H]1CCCC[C@H]1NC(=O)OCc1ccccc1. The molecule has 126 valence electrons. The summed E-state index contributed by atoms with van der Waals surface area (Å²) in [6.07, 6.45) is 2.87. The van der Waals surface area contributed by atoms with Gasteiger partial charge in [0.25, 0.3) is 0 Å². The molecule has 1 aliphatic carbocycles. The van der Waals surface area contributed by atoms with Crippen LogP contribution in [0.5, 0.6) is 0 Å². The fraction of sp³-hybridized carbons (Fsp3) is 0.556. The lowest BCUT2D eigenvalue weighted by Gasteiger charge is -2.31. The summed E-state index contributed by atoms with van der Waals surface area (Å²) in [4.78, 5) is 23.8. The van der Waals surface area contributed by atoms with Crippen molar-refractivity contribution in [1.29, 1.82) is 0 Å². The Balaban J connectivity index is 1.83. The molecule has 1 N–H and O–H groups in total. The smallest absolute Gasteiger partial charge is 0.407 e. The Kier molecular flexibility index (Phi) is 6.44. The van der Waals surface area contributed by atoms with Crippen LogP contribution in [0.4, 0.5) is 4.79 Å². The molecule has 0 aliphatic heterocycles. The number of benzene rings is 1. The molecule has 0 aromatic heterocycles. The number of nitrogens with one attached hydrogen (secondary N) is 1. The van der Waals surface area contributed by atoms with E-state index >= 15 is 0 Å². The number of carbonyl (C=O) groups excluding carboxylic acids is 2. The van der Waals surface area contributed by atoms with Crippen LogP contribution in [0.2, 0.25) is 0 Å². The molecule has 1 fully saturated rings. The number of ether oxygens (including phenoxy) is 2.